The second-order valence-electron chi connectivity index (χ2n) is 6.63. The van der Waals surface area contributed by atoms with Gasteiger partial charge in [-0.3, -0.25) is 9.78 Å². The zero-order valence-corrected chi connectivity index (χ0v) is 15.7. The molecule has 4 heteroatoms. The van der Waals surface area contributed by atoms with Crippen LogP contribution in [-0.4, -0.2) is 15.9 Å². The van der Waals surface area contributed by atoms with Crippen molar-refractivity contribution in [2.45, 2.75) is 19.9 Å². The number of fused-ring (bicyclic) bond motifs is 1. The molecule has 1 N–H and O–H groups in total. The summed E-state index contributed by atoms with van der Waals surface area (Å²) in [5, 5.41) is 3.82. The van der Waals surface area contributed by atoms with Gasteiger partial charge in [0, 0.05) is 17.1 Å². The Hall–Kier alpha value is -3.53. The second kappa shape index (κ2) is 8.01. The van der Waals surface area contributed by atoms with Crippen molar-refractivity contribution in [2.24, 2.45) is 0 Å². The number of carbonyl (C=O) groups excluding carboxylic acids is 1. The van der Waals surface area contributed by atoms with Crippen molar-refractivity contribution in [2.75, 3.05) is 0 Å². The zero-order chi connectivity index (χ0) is 19.3. The van der Waals surface area contributed by atoms with E-state index in [1.807, 2.05) is 48.5 Å². The molecule has 4 nitrogen and oxygen atoms in total. The van der Waals surface area contributed by atoms with Crippen LogP contribution in [0.5, 0.6) is 0 Å². The summed E-state index contributed by atoms with van der Waals surface area (Å²) in [5.41, 5.74) is 5.33. The highest BCUT2D eigenvalue weighted by Crippen LogP contribution is 2.25. The van der Waals surface area contributed by atoms with E-state index in [9.17, 15) is 4.79 Å². The maximum Gasteiger partial charge on any atom is 0.252 e. The van der Waals surface area contributed by atoms with E-state index in [2.05, 4.69) is 41.5 Å². The predicted octanol–water partition coefficient (Wildman–Crippen LogP) is 4.79. The van der Waals surface area contributed by atoms with Gasteiger partial charge in [0.1, 0.15) is 0 Å². The number of nitrogens with zero attached hydrogens (tertiary/aromatic N) is 2. The minimum Gasteiger partial charge on any atom is -0.346 e. The summed E-state index contributed by atoms with van der Waals surface area (Å²) in [6.07, 6.45) is 2.72. The highest BCUT2D eigenvalue weighted by atomic mass is 16.1. The fourth-order valence-corrected chi connectivity index (χ4v) is 3.19. The highest BCUT2D eigenvalue weighted by Gasteiger charge is 2.14. The van der Waals surface area contributed by atoms with Crippen molar-refractivity contribution in [1.82, 2.24) is 15.3 Å². The van der Waals surface area contributed by atoms with E-state index in [1.54, 1.807) is 6.20 Å². The summed E-state index contributed by atoms with van der Waals surface area (Å²) >= 11 is 0. The second-order valence-corrected chi connectivity index (χ2v) is 6.63. The lowest BCUT2D eigenvalue weighted by Crippen LogP contribution is -2.23. The van der Waals surface area contributed by atoms with Gasteiger partial charge in [0.05, 0.1) is 29.0 Å². The predicted molar refractivity (Wildman–Crippen MR) is 112 cm³/mol. The summed E-state index contributed by atoms with van der Waals surface area (Å²) in [5.74, 6) is -0.129. The van der Waals surface area contributed by atoms with Crippen LogP contribution >= 0.6 is 0 Å². The van der Waals surface area contributed by atoms with Gasteiger partial charge in [-0.25, -0.2) is 4.98 Å². The average Bonchev–Trinajstić information content (AvgIpc) is 2.77. The molecule has 0 saturated carbocycles. The zero-order valence-electron chi connectivity index (χ0n) is 15.7. The number of rotatable bonds is 5. The Kier molecular flexibility index (Phi) is 5.11. The molecule has 4 rings (SSSR count). The fraction of sp³-hybridized carbons (Fsp3) is 0.125. The smallest absolute Gasteiger partial charge is 0.252 e. The highest BCUT2D eigenvalue weighted by molar-refractivity contribution is 6.07. The third-order valence-corrected chi connectivity index (χ3v) is 4.77. The normalized spacial score (nSPS) is 10.8. The Morgan fingerprint density at radius 3 is 2.50 bits per heavy atom. The van der Waals surface area contributed by atoms with Crippen molar-refractivity contribution >= 4 is 16.8 Å². The van der Waals surface area contributed by atoms with Gasteiger partial charge in [0.15, 0.2) is 0 Å². The van der Waals surface area contributed by atoms with Gasteiger partial charge in [-0.1, -0.05) is 55.5 Å². The Morgan fingerprint density at radius 1 is 0.964 bits per heavy atom. The summed E-state index contributed by atoms with van der Waals surface area (Å²) in [7, 11) is 0. The number of hydrogen-bond acceptors (Lipinski definition) is 3. The molecule has 0 aliphatic heterocycles. The van der Waals surface area contributed by atoms with E-state index < -0.39 is 0 Å². The van der Waals surface area contributed by atoms with Crippen molar-refractivity contribution in [3.63, 3.8) is 0 Å². The molecular formula is C24H21N3O. The molecule has 28 heavy (non-hydrogen) atoms. The first kappa shape index (κ1) is 17.9. The van der Waals surface area contributed by atoms with E-state index in [0.717, 1.165) is 34.3 Å². The number of para-hydroxylation sites is 1. The largest absolute Gasteiger partial charge is 0.346 e. The first-order valence-electron chi connectivity index (χ1n) is 9.42. The molecule has 4 aromatic rings. The SMILES string of the molecule is CCc1ccc(-c2cc(C(=O)NCc3ccccn3)c3ccccc3n2)cc1. The lowest BCUT2D eigenvalue weighted by atomic mass is 10.0. The molecule has 0 bridgehead atoms. The standard InChI is InChI=1S/C24H21N3O/c1-2-17-10-12-18(13-11-17)23-15-21(20-8-3-4-9-22(20)27-23)24(28)26-16-19-7-5-6-14-25-19/h3-15H,2,16H2,1H3,(H,26,28). The van der Waals surface area contributed by atoms with E-state index in [4.69, 9.17) is 4.98 Å². The van der Waals surface area contributed by atoms with Crippen LogP contribution in [-0.2, 0) is 13.0 Å². The van der Waals surface area contributed by atoms with Crippen molar-refractivity contribution < 1.29 is 4.79 Å². The Labute approximate surface area is 164 Å². The van der Waals surface area contributed by atoms with Gasteiger partial charge < -0.3 is 5.32 Å². The molecule has 0 atom stereocenters. The van der Waals surface area contributed by atoms with E-state index in [0.29, 0.717) is 12.1 Å². The van der Waals surface area contributed by atoms with Gasteiger partial charge in [-0.15, -0.1) is 0 Å². The van der Waals surface area contributed by atoms with E-state index in [1.165, 1.54) is 5.56 Å². The van der Waals surface area contributed by atoms with Gasteiger partial charge in [0.2, 0.25) is 0 Å². The van der Waals surface area contributed by atoms with Gasteiger partial charge in [-0.05, 0) is 36.2 Å². The summed E-state index contributed by atoms with van der Waals surface area (Å²) < 4.78 is 0. The van der Waals surface area contributed by atoms with Crippen LogP contribution in [0.3, 0.4) is 0 Å². The molecule has 2 aromatic carbocycles. The summed E-state index contributed by atoms with van der Waals surface area (Å²) in [6.45, 7) is 2.52. The number of carbonyl (C=O) groups is 1. The molecule has 0 unspecified atom stereocenters. The van der Waals surface area contributed by atoms with Gasteiger partial charge in [-0.2, -0.15) is 0 Å². The molecule has 0 aliphatic rings. The monoisotopic (exact) mass is 367 g/mol. The lowest BCUT2D eigenvalue weighted by molar-refractivity contribution is 0.0952. The van der Waals surface area contributed by atoms with Crippen molar-refractivity contribution in [3.05, 3.63) is 95.8 Å². The number of amides is 1. The van der Waals surface area contributed by atoms with E-state index >= 15 is 0 Å². The molecule has 138 valence electrons. The van der Waals surface area contributed by atoms with Crippen molar-refractivity contribution in [3.8, 4) is 11.3 Å². The number of aromatic nitrogens is 2. The van der Waals surface area contributed by atoms with Crippen LogP contribution in [0.15, 0.2) is 79.0 Å². The van der Waals surface area contributed by atoms with Crippen LogP contribution in [0.4, 0.5) is 0 Å². The van der Waals surface area contributed by atoms with Crippen LogP contribution in [0.25, 0.3) is 22.2 Å². The molecule has 0 aliphatic carbocycles. The van der Waals surface area contributed by atoms with Gasteiger partial charge in [0.25, 0.3) is 5.91 Å². The minimum atomic E-state index is -0.129. The Bertz CT molecular complexity index is 1110. The average molecular weight is 367 g/mol. The third-order valence-electron chi connectivity index (χ3n) is 4.77. The van der Waals surface area contributed by atoms with Crippen molar-refractivity contribution in [1.29, 1.82) is 0 Å². The first-order chi connectivity index (χ1) is 13.7. The molecule has 0 saturated heterocycles. The molecule has 0 fully saturated rings. The minimum absolute atomic E-state index is 0.129. The maximum atomic E-state index is 12.9. The van der Waals surface area contributed by atoms with Gasteiger partial charge >= 0.3 is 0 Å². The molecule has 0 spiro atoms. The molecule has 2 heterocycles. The topological polar surface area (TPSA) is 54.9 Å². The number of nitrogens with one attached hydrogen (secondary N) is 1. The van der Waals surface area contributed by atoms with E-state index in [-0.39, 0.29) is 5.91 Å². The first-order valence-corrected chi connectivity index (χ1v) is 9.42. The molecular weight excluding hydrogens is 346 g/mol. The van der Waals surface area contributed by atoms with Crippen LogP contribution < -0.4 is 5.32 Å². The maximum absolute atomic E-state index is 12.9. The number of benzene rings is 2. The third kappa shape index (κ3) is 3.76. The summed E-state index contributed by atoms with van der Waals surface area (Å²) in [4.78, 5) is 22.0. The van der Waals surface area contributed by atoms with Crippen LogP contribution in [0.2, 0.25) is 0 Å². The molecule has 2 aromatic heterocycles. The number of aryl methyl sites for hydroxylation is 1. The molecule has 1 amide bonds. The molecule has 0 radical (unpaired) electrons. The van der Waals surface area contributed by atoms with Crippen LogP contribution in [0, 0.1) is 0 Å². The fourth-order valence-electron chi connectivity index (χ4n) is 3.19. The Morgan fingerprint density at radius 2 is 1.75 bits per heavy atom. The summed E-state index contributed by atoms with van der Waals surface area (Å²) in [6, 6.07) is 23.6. The van der Waals surface area contributed by atoms with Crippen LogP contribution in [0.1, 0.15) is 28.5 Å². The Balaban J connectivity index is 1.70. The quantitative estimate of drug-likeness (QED) is 0.552. The number of pyridine rings is 2. The lowest BCUT2D eigenvalue weighted by Gasteiger charge is -2.11. The number of hydrogen-bond donors (Lipinski definition) is 1.